The van der Waals surface area contributed by atoms with Gasteiger partial charge in [0.2, 0.25) is 5.91 Å². The molecule has 4 rings (SSSR count). The van der Waals surface area contributed by atoms with E-state index in [9.17, 15) is 9.59 Å². The Morgan fingerprint density at radius 2 is 1.80 bits per heavy atom. The fraction of sp³-hybridized carbons (Fsp3) is 0.421. The molecule has 3 aromatic rings. The van der Waals surface area contributed by atoms with Gasteiger partial charge in [-0.2, -0.15) is 5.10 Å². The normalized spacial score (nSPS) is 14.4. The van der Waals surface area contributed by atoms with Crippen LogP contribution in [-0.2, 0) is 11.3 Å². The third-order valence-corrected chi connectivity index (χ3v) is 5.04. The Morgan fingerprint density at radius 1 is 1.07 bits per heavy atom. The van der Waals surface area contributed by atoms with E-state index >= 15 is 0 Å². The van der Waals surface area contributed by atoms with Crippen LogP contribution in [0.1, 0.15) is 25.5 Å². The van der Waals surface area contributed by atoms with E-state index in [4.69, 9.17) is 0 Å². The first-order valence-corrected chi connectivity index (χ1v) is 9.79. The molecule has 0 bridgehead atoms. The molecule has 11 heteroatoms. The summed E-state index contributed by atoms with van der Waals surface area (Å²) in [6.45, 7) is 6.34. The van der Waals surface area contributed by atoms with E-state index in [1.807, 2.05) is 26.0 Å². The van der Waals surface area contributed by atoms with Crippen molar-refractivity contribution in [1.29, 1.82) is 0 Å². The summed E-state index contributed by atoms with van der Waals surface area (Å²) in [5.41, 5.74) is 0.525. The van der Waals surface area contributed by atoms with Crippen molar-refractivity contribution in [2.75, 3.05) is 31.1 Å². The van der Waals surface area contributed by atoms with Gasteiger partial charge >= 0.3 is 0 Å². The average molecular weight is 409 g/mol. The van der Waals surface area contributed by atoms with Crippen molar-refractivity contribution in [1.82, 2.24) is 39.4 Å². The van der Waals surface area contributed by atoms with Crippen LogP contribution < -0.4 is 10.5 Å². The lowest BCUT2D eigenvalue weighted by Gasteiger charge is -2.35. The van der Waals surface area contributed by atoms with E-state index < -0.39 is 0 Å². The third-order valence-electron chi connectivity index (χ3n) is 5.04. The molecular formula is C19H23N9O2. The Kier molecular flexibility index (Phi) is 5.50. The summed E-state index contributed by atoms with van der Waals surface area (Å²) in [4.78, 5) is 36.9. The lowest BCUT2D eigenvalue weighted by Crippen LogP contribution is -2.50. The number of anilines is 1. The monoisotopic (exact) mass is 409 g/mol. The minimum absolute atomic E-state index is 0.00336. The average Bonchev–Trinajstić information content (AvgIpc) is 3.30. The highest BCUT2D eigenvalue weighted by atomic mass is 16.2. The van der Waals surface area contributed by atoms with E-state index in [0.29, 0.717) is 32.0 Å². The van der Waals surface area contributed by atoms with Gasteiger partial charge in [0.1, 0.15) is 19.2 Å². The largest absolute Gasteiger partial charge is 0.352 e. The first-order chi connectivity index (χ1) is 14.5. The first-order valence-electron chi connectivity index (χ1n) is 9.79. The summed E-state index contributed by atoms with van der Waals surface area (Å²) in [6.07, 6.45) is 4.46. The summed E-state index contributed by atoms with van der Waals surface area (Å²) in [5, 5.41) is 12.5. The van der Waals surface area contributed by atoms with Crippen molar-refractivity contribution in [2.24, 2.45) is 0 Å². The molecule has 1 saturated heterocycles. The maximum atomic E-state index is 12.6. The van der Waals surface area contributed by atoms with E-state index in [2.05, 4.69) is 30.2 Å². The second-order valence-electron chi connectivity index (χ2n) is 7.39. The number of hydrogen-bond acceptors (Lipinski definition) is 8. The van der Waals surface area contributed by atoms with Gasteiger partial charge in [-0.15, -0.1) is 10.2 Å². The highest BCUT2D eigenvalue weighted by Crippen LogP contribution is 2.14. The molecule has 0 saturated carbocycles. The maximum absolute atomic E-state index is 12.6. The molecule has 11 nitrogen and oxygen atoms in total. The molecule has 156 valence electrons. The molecule has 0 aromatic carbocycles. The molecule has 0 unspecified atom stereocenters. The lowest BCUT2D eigenvalue weighted by atomic mass is 10.1. The molecule has 0 atom stereocenters. The van der Waals surface area contributed by atoms with Gasteiger partial charge < -0.3 is 9.80 Å². The minimum Gasteiger partial charge on any atom is -0.352 e. The fourth-order valence-corrected chi connectivity index (χ4v) is 3.24. The molecule has 0 spiro atoms. The molecule has 3 aromatic heterocycles. The number of carbonyl (C=O) groups excluding carboxylic acids is 1. The Bertz CT molecular complexity index is 1050. The number of nitrogens with zero attached hydrogens (tertiary/aromatic N) is 9. The summed E-state index contributed by atoms with van der Waals surface area (Å²) in [7, 11) is 0. The Hall–Kier alpha value is -3.63. The maximum Gasteiger partial charge on any atom is 0.254 e. The van der Waals surface area contributed by atoms with Crippen LogP contribution in [0.25, 0.3) is 5.82 Å². The van der Waals surface area contributed by atoms with Gasteiger partial charge in [0.25, 0.3) is 5.56 Å². The lowest BCUT2D eigenvalue weighted by molar-refractivity contribution is -0.132. The van der Waals surface area contributed by atoms with Gasteiger partial charge in [0.15, 0.2) is 11.6 Å². The molecule has 0 radical (unpaired) electrons. The third kappa shape index (κ3) is 4.19. The number of hydrogen-bond donors (Lipinski definition) is 0. The van der Waals surface area contributed by atoms with Crippen molar-refractivity contribution in [3.05, 3.63) is 53.2 Å². The number of aromatic nitrogens is 7. The zero-order valence-electron chi connectivity index (χ0n) is 16.9. The summed E-state index contributed by atoms with van der Waals surface area (Å²) >= 11 is 0. The predicted molar refractivity (Wildman–Crippen MR) is 108 cm³/mol. The van der Waals surface area contributed by atoms with Crippen molar-refractivity contribution in [3.8, 4) is 5.82 Å². The summed E-state index contributed by atoms with van der Waals surface area (Å²) in [6, 6.07) is 5.20. The molecule has 0 N–H and O–H groups in total. The van der Waals surface area contributed by atoms with Crippen LogP contribution in [0, 0.1) is 0 Å². The Morgan fingerprint density at radius 3 is 2.40 bits per heavy atom. The molecule has 30 heavy (non-hydrogen) atoms. The molecular weight excluding hydrogens is 386 g/mol. The van der Waals surface area contributed by atoms with Gasteiger partial charge in [-0.3, -0.25) is 14.2 Å². The molecule has 4 heterocycles. The zero-order chi connectivity index (χ0) is 21.1. The van der Waals surface area contributed by atoms with Crippen LogP contribution in [-0.4, -0.2) is 71.5 Å². The smallest absolute Gasteiger partial charge is 0.254 e. The number of carbonyl (C=O) groups is 1. The van der Waals surface area contributed by atoms with Gasteiger partial charge in [0.05, 0.1) is 12.0 Å². The van der Waals surface area contributed by atoms with Crippen LogP contribution >= 0.6 is 0 Å². The number of piperazine rings is 1. The van der Waals surface area contributed by atoms with E-state index in [1.54, 1.807) is 11.2 Å². The van der Waals surface area contributed by atoms with Crippen LogP contribution in [0.4, 0.5) is 5.82 Å². The SMILES string of the molecule is CC(C)c1cc(=O)n(CC(=O)N2CCN(c3ccc(-n4cncn4)nn3)CC2)cn1. The van der Waals surface area contributed by atoms with Gasteiger partial charge in [-0.25, -0.2) is 14.6 Å². The van der Waals surface area contributed by atoms with Crippen molar-refractivity contribution in [2.45, 2.75) is 26.3 Å². The van der Waals surface area contributed by atoms with Gasteiger partial charge in [-0.1, -0.05) is 13.8 Å². The van der Waals surface area contributed by atoms with Crippen molar-refractivity contribution < 1.29 is 4.79 Å². The van der Waals surface area contributed by atoms with E-state index in [1.165, 1.54) is 28.0 Å². The predicted octanol–water partition coefficient (Wildman–Crippen LogP) is 0.0862. The highest BCUT2D eigenvalue weighted by Gasteiger charge is 2.22. The number of amides is 1. The highest BCUT2D eigenvalue weighted by molar-refractivity contribution is 5.76. The van der Waals surface area contributed by atoms with Gasteiger partial charge in [0, 0.05) is 32.2 Å². The standard InChI is InChI=1S/C19H23N9O2/c1-14(2)15-9-18(29)27(13-21-15)10-19(30)26-7-5-25(6-8-26)16-3-4-17(24-23-16)28-12-20-11-22-28/h3-4,9,11-14H,5-8,10H2,1-2H3. The van der Waals surface area contributed by atoms with Crippen LogP contribution in [0.15, 0.2) is 42.0 Å². The first kappa shape index (κ1) is 19.7. The zero-order valence-corrected chi connectivity index (χ0v) is 16.9. The summed E-state index contributed by atoms with van der Waals surface area (Å²) < 4.78 is 2.90. The Labute approximate surface area is 173 Å². The molecule has 0 aliphatic carbocycles. The van der Waals surface area contributed by atoms with Crippen LogP contribution in [0.2, 0.25) is 0 Å². The van der Waals surface area contributed by atoms with Gasteiger partial charge in [-0.05, 0) is 18.1 Å². The summed E-state index contributed by atoms with van der Waals surface area (Å²) in [5.74, 6) is 1.41. The quantitative estimate of drug-likeness (QED) is 0.582. The van der Waals surface area contributed by atoms with E-state index in [-0.39, 0.29) is 23.9 Å². The fourth-order valence-electron chi connectivity index (χ4n) is 3.24. The van der Waals surface area contributed by atoms with E-state index in [0.717, 1.165) is 11.5 Å². The minimum atomic E-state index is -0.205. The molecule has 1 aliphatic heterocycles. The Balaban J connectivity index is 1.34. The topological polar surface area (TPSA) is 115 Å². The molecule has 1 fully saturated rings. The second-order valence-corrected chi connectivity index (χ2v) is 7.39. The van der Waals surface area contributed by atoms with Crippen molar-refractivity contribution >= 4 is 11.7 Å². The second kappa shape index (κ2) is 8.39. The number of rotatable bonds is 5. The van der Waals surface area contributed by atoms with Crippen molar-refractivity contribution in [3.63, 3.8) is 0 Å². The molecule has 1 aliphatic rings. The van der Waals surface area contributed by atoms with Crippen LogP contribution in [0.5, 0.6) is 0 Å². The van der Waals surface area contributed by atoms with Crippen LogP contribution in [0.3, 0.4) is 0 Å². The molecule has 1 amide bonds.